The molecule has 2 heteroatoms. The van der Waals surface area contributed by atoms with Crippen LogP contribution in [0.1, 0.15) is 0 Å². The molecule has 0 bridgehead atoms. The molecule has 0 aliphatic heterocycles. The first kappa shape index (κ1) is 4.48. The summed E-state index contributed by atoms with van der Waals surface area (Å²) in [5.74, 6) is 9.47. The minimum absolute atomic E-state index is 0.0278. The monoisotopic (exact) mass is 69.0 g/mol. The summed E-state index contributed by atoms with van der Waals surface area (Å²) in [6, 6.07) is 0. The normalized spacial score (nSPS) is 6.40. The molecule has 0 aliphatic rings. The van der Waals surface area contributed by atoms with Crippen molar-refractivity contribution in [1.82, 2.24) is 5.90 Å². The molecular formula is C3H3NO. The first-order valence-corrected chi connectivity index (χ1v) is 1.11. The van der Waals surface area contributed by atoms with Gasteiger partial charge >= 0.3 is 0 Å². The maximum atomic E-state index is 7.42. The second-order valence-electron chi connectivity index (χ2n) is 0.478. The van der Waals surface area contributed by atoms with Gasteiger partial charge in [-0.15, -0.1) is 6.42 Å². The van der Waals surface area contributed by atoms with Crippen LogP contribution in [-0.4, -0.2) is 6.61 Å². The zero-order valence-corrected chi connectivity index (χ0v) is 2.64. The standard InChI is InChI=1S/C3H3NO/c1-2-3-5-4/h1H,3H2. The Morgan fingerprint density at radius 1 is 2.00 bits per heavy atom. The van der Waals surface area contributed by atoms with Crippen LogP contribution in [0.2, 0.25) is 0 Å². The van der Waals surface area contributed by atoms with Crippen molar-refractivity contribution in [3.8, 4) is 12.3 Å². The van der Waals surface area contributed by atoms with Gasteiger partial charge in [-0.1, -0.05) is 5.92 Å². The zero-order valence-electron chi connectivity index (χ0n) is 2.64. The van der Waals surface area contributed by atoms with Gasteiger partial charge in [-0.2, -0.15) is 0 Å². The van der Waals surface area contributed by atoms with E-state index in [4.69, 9.17) is 5.90 Å². The predicted molar refractivity (Wildman–Crippen MR) is 16.9 cm³/mol. The summed E-state index contributed by atoms with van der Waals surface area (Å²) in [5.41, 5.74) is 0. The smallest absolute Gasteiger partial charge is 0.132 e. The molecule has 0 saturated heterocycles. The van der Waals surface area contributed by atoms with Crippen LogP contribution in [0.15, 0.2) is 0 Å². The van der Waals surface area contributed by atoms with Gasteiger partial charge in [-0.05, 0) is 0 Å². The summed E-state index contributed by atoms with van der Waals surface area (Å²) in [4.78, 5) is 3.45. The Balaban J connectivity index is 2.48. The fourth-order valence-electron chi connectivity index (χ4n) is 0.0373. The molecule has 0 aliphatic carbocycles. The maximum absolute atomic E-state index is 7.42. The van der Waals surface area contributed by atoms with E-state index in [1.165, 1.54) is 0 Å². The molecule has 0 rings (SSSR count). The van der Waals surface area contributed by atoms with Gasteiger partial charge in [0.1, 0.15) is 6.61 Å². The summed E-state index contributed by atoms with van der Waals surface area (Å²) in [5, 5.41) is 0. The minimum atomic E-state index is -0.0278. The fraction of sp³-hybridized carbons (Fsp3) is 0.333. The summed E-state index contributed by atoms with van der Waals surface area (Å²) in [7, 11) is 0. The van der Waals surface area contributed by atoms with Gasteiger partial charge in [0.25, 0.3) is 0 Å². The lowest BCUT2D eigenvalue weighted by molar-refractivity contribution is 0.151. The van der Waals surface area contributed by atoms with Crippen molar-refractivity contribution in [2.45, 2.75) is 0 Å². The quantitative estimate of drug-likeness (QED) is 0.305. The second kappa shape index (κ2) is 3.48. The summed E-state index contributed by atoms with van der Waals surface area (Å²) >= 11 is 0. The van der Waals surface area contributed by atoms with Gasteiger partial charge in [0.2, 0.25) is 0 Å². The third-order valence-corrected chi connectivity index (χ3v) is 0.148. The van der Waals surface area contributed by atoms with Crippen LogP contribution in [0.25, 0.3) is 0 Å². The van der Waals surface area contributed by atoms with E-state index in [-0.39, 0.29) is 6.61 Å². The molecule has 0 aromatic carbocycles. The van der Waals surface area contributed by atoms with E-state index >= 15 is 0 Å². The zero-order chi connectivity index (χ0) is 4.12. The van der Waals surface area contributed by atoms with Gasteiger partial charge in [0, 0.05) is 5.90 Å². The van der Waals surface area contributed by atoms with Gasteiger partial charge in [0.15, 0.2) is 0 Å². The number of terminal acetylenes is 1. The summed E-state index contributed by atoms with van der Waals surface area (Å²) in [6.45, 7) is -0.0278. The molecule has 0 aromatic rings. The predicted octanol–water partition coefficient (Wildman–Crippen LogP) is -0.380. The molecule has 0 heterocycles. The average Bonchev–Trinajstić information content (AvgIpc) is 1.41. The van der Waals surface area contributed by atoms with Crippen LogP contribution in [0, 0.1) is 12.3 Å². The Hall–Kier alpha value is -0.520. The van der Waals surface area contributed by atoms with E-state index in [0.717, 1.165) is 0 Å². The Labute approximate surface area is 30.9 Å². The first-order valence-electron chi connectivity index (χ1n) is 1.11. The largest absolute Gasteiger partial charge is 0.251 e. The lowest BCUT2D eigenvalue weighted by Crippen LogP contribution is -1.82. The molecule has 0 fully saturated rings. The van der Waals surface area contributed by atoms with Gasteiger partial charge in [-0.3, -0.25) is 4.84 Å². The number of rotatable bonds is 1. The Morgan fingerprint density at radius 3 is 2.60 bits per heavy atom. The molecule has 0 atom stereocenters. The van der Waals surface area contributed by atoms with Crippen molar-refractivity contribution >= 4 is 0 Å². The topological polar surface area (TPSA) is 31.5 Å². The first-order chi connectivity index (χ1) is 2.41. The van der Waals surface area contributed by atoms with Crippen LogP contribution in [0.5, 0.6) is 0 Å². The van der Waals surface area contributed by atoms with E-state index in [0.29, 0.717) is 0 Å². The fourth-order valence-corrected chi connectivity index (χ4v) is 0.0373. The van der Waals surface area contributed by atoms with Crippen LogP contribution in [-0.2, 0) is 4.84 Å². The van der Waals surface area contributed by atoms with Crippen LogP contribution in [0.3, 0.4) is 0 Å². The third-order valence-electron chi connectivity index (χ3n) is 0.148. The molecule has 5 heavy (non-hydrogen) atoms. The van der Waals surface area contributed by atoms with Gasteiger partial charge in [-0.25, -0.2) is 0 Å². The van der Waals surface area contributed by atoms with Crippen molar-refractivity contribution in [2.24, 2.45) is 0 Å². The highest BCUT2D eigenvalue weighted by Crippen LogP contribution is 1.51. The lowest BCUT2D eigenvalue weighted by Gasteiger charge is -1.70. The van der Waals surface area contributed by atoms with Crippen molar-refractivity contribution < 1.29 is 4.84 Å². The number of nitrogens with zero attached hydrogens (tertiary/aromatic N) is 1. The molecule has 0 N–H and O–H groups in total. The molecule has 2 nitrogen and oxygen atoms in total. The molecule has 0 amide bonds. The summed E-state index contributed by atoms with van der Waals surface area (Å²) < 4.78 is 0. The van der Waals surface area contributed by atoms with Crippen LogP contribution in [0.4, 0.5) is 0 Å². The molecular weight excluding hydrogens is 66.0 g/mol. The molecule has 26 valence electrons. The lowest BCUT2D eigenvalue weighted by atomic mass is 10.8. The van der Waals surface area contributed by atoms with Gasteiger partial charge < -0.3 is 0 Å². The third kappa shape index (κ3) is 3.48. The SMILES string of the molecule is C#CCO[N]. The molecule has 0 spiro atoms. The Bertz CT molecular complexity index is 45.3. The highest BCUT2D eigenvalue weighted by Gasteiger charge is 1.62. The van der Waals surface area contributed by atoms with E-state index in [1.807, 2.05) is 5.92 Å². The van der Waals surface area contributed by atoms with Crippen molar-refractivity contribution in [1.29, 1.82) is 0 Å². The number of hydrogen-bond donors (Lipinski definition) is 0. The van der Waals surface area contributed by atoms with Crippen molar-refractivity contribution in [3.63, 3.8) is 0 Å². The Kier molecular flexibility index (Phi) is 3.12. The van der Waals surface area contributed by atoms with Crippen molar-refractivity contribution in [2.75, 3.05) is 6.61 Å². The molecule has 2 radical (unpaired) electrons. The minimum Gasteiger partial charge on any atom is -0.251 e. The Morgan fingerprint density at radius 2 is 2.60 bits per heavy atom. The maximum Gasteiger partial charge on any atom is 0.132 e. The van der Waals surface area contributed by atoms with Crippen molar-refractivity contribution in [3.05, 3.63) is 0 Å². The second-order valence-corrected chi connectivity index (χ2v) is 0.478. The molecule has 0 saturated carbocycles. The highest BCUT2D eigenvalue weighted by atomic mass is 16.6. The van der Waals surface area contributed by atoms with E-state index in [9.17, 15) is 0 Å². The van der Waals surface area contributed by atoms with E-state index in [2.05, 4.69) is 11.3 Å². The number of hydrogen-bond acceptors (Lipinski definition) is 1. The highest BCUT2D eigenvalue weighted by molar-refractivity contribution is 4.82. The van der Waals surface area contributed by atoms with Crippen LogP contribution >= 0.6 is 0 Å². The molecule has 0 aromatic heterocycles. The van der Waals surface area contributed by atoms with Crippen LogP contribution < -0.4 is 5.90 Å². The van der Waals surface area contributed by atoms with E-state index in [1.54, 1.807) is 0 Å². The van der Waals surface area contributed by atoms with Gasteiger partial charge in [0.05, 0.1) is 0 Å². The summed E-state index contributed by atoms with van der Waals surface area (Å²) in [6.07, 6.45) is 4.60. The average molecular weight is 69.1 g/mol. The molecule has 0 unspecified atom stereocenters. The van der Waals surface area contributed by atoms with E-state index < -0.39 is 0 Å².